The molecule has 0 aliphatic rings. The summed E-state index contributed by atoms with van der Waals surface area (Å²) >= 11 is 2.83. The normalized spacial score (nSPS) is 10.8. The van der Waals surface area contributed by atoms with Crippen LogP contribution in [0.3, 0.4) is 0 Å². The van der Waals surface area contributed by atoms with Gasteiger partial charge in [-0.1, -0.05) is 17.8 Å². The van der Waals surface area contributed by atoms with Crippen LogP contribution in [0.25, 0.3) is 10.2 Å². The average Bonchev–Trinajstić information content (AvgIpc) is 3.11. The Morgan fingerprint density at radius 1 is 1.42 bits per heavy atom. The van der Waals surface area contributed by atoms with Crippen LogP contribution in [0.4, 0.5) is 0 Å². The fraction of sp³-hybridized carbons (Fsp3) is 0.211. The maximum Gasteiger partial charge on any atom is 0.272 e. The van der Waals surface area contributed by atoms with Gasteiger partial charge in [0.25, 0.3) is 5.56 Å². The molecule has 1 aromatic carbocycles. The number of Topliss-reactive ketones (excluding diaryl/α,β-unsaturated/α-hetero) is 1. The van der Waals surface area contributed by atoms with Crippen molar-refractivity contribution in [3.8, 4) is 5.75 Å². The number of hydrogen-bond donors (Lipinski definition) is 0. The van der Waals surface area contributed by atoms with Crippen LogP contribution < -0.4 is 10.3 Å². The minimum atomic E-state index is -0.0585. The van der Waals surface area contributed by atoms with Gasteiger partial charge in [0.1, 0.15) is 10.4 Å². The van der Waals surface area contributed by atoms with E-state index in [0.29, 0.717) is 39.0 Å². The van der Waals surface area contributed by atoms with Crippen LogP contribution in [-0.4, -0.2) is 22.4 Å². The lowest BCUT2D eigenvalue weighted by Gasteiger charge is -2.12. The van der Waals surface area contributed by atoms with Crippen LogP contribution in [-0.2, 0) is 12.3 Å². The SMILES string of the molecule is C=CCn1c(SCc2cc(C(C)=O)ccc2OC)nc2ccsc2c1=O. The Morgan fingerprint density at radius 2 is 2.23 bits per heavy atom. The van der Waals surface area contributed by atoms with Crippen molar-refractivity contribution in [1.82, 2.24) is 9.55 Å². The summed E-state index contributed by atoms with van der Waals surface area (Å²) in [5.41, 5.74) is 2.16. The standard InChI is InChI=1S/C19H18N2O3S2/c1-4-8-21-18(23)17-15(7-9-25-17)20-19(21)26-11-14-10-13(12(2)22)5-6-16(14)24-3/h4-7,9-10H,1,8,11H2,2-3H3. The van der Waals surface area contributed by atoms with Crippen LogP contribution in [0.2, 0.25) is 0 Å². The highest BCUT2D eigenvalue weighted by Crippen LogP contribution is 2.29. The van der Waals surface area contributed by atoms with E-state index in [1.165, 1.54) is 30.0 Å². The highest BCUT2D eigenvalue weighted by atomic mass is 32.2. The number of rotatable bonds is 7. The first-order valence-corrected chi connectivity index (χ1v) is 9.81. The van der Waals surface area contributed by atoms with Gasteiger partial charge in [0, 0.05) is 23.4 Å². The predicted molar refractivity (Wildman–Crippen MR) is 107 cm³/mol. The number of carbonyl (C=O) groups is 1. The lowest BCUT2D eigenvalue weighted by molar-refractivity contribution is 0.101. The number of allylic oxidation sites excluding steroid dienone is 1. The molecule has 0 aliphatic carbocycles. The van der Waals surface area contributed by atoms with Crippen LogP contribution in [0, 0.1) is 0 Å². The molecule has 0 bridgehead atoms. The van der Waals surface area contributed by atoms with Gasteiger partial charge in [0.2, 0.25) is 0 Å². The number of methoxy groups -OCH3 is 1. The van der Waals surface area contributed by atoms with E-state index in [-0.39, 0.29) is 11.3 Å². The Kier molecular flexibility index (Phi) is 5.58. The largest absolute Gasteiger partial charge is 0.496 e. The van der Waals surface area contributed by atoms with E-state index in [9.17, 15) is 9.59 Å². The van der Waals surface area contributed by atoms with E-state index in [1.54, 1.807) is 29.9 Å². The average molecular weight is 386 g/mol. The molecule has 0 fully saturated rings. The van der Waals surface area contributed by atoms with E-state index >= 15 is 0 Å². The number of hydrogen-bond acceptors (Lipinski definition) is 6. The molecule has 2 aromatic heterocycles. The van der Waals surface area contributed by atoms with E-state index in [0.717, 1.165) is 5.56 Å². The van der Waals surface area contributed by atoms with Crippen molar-refractivity contribution in [2.24, 2.45) is 0 Å². The molecule has 0 amide bonds. The summed E-state index contributed by atoms with van der Waals surface area (Å²) < 4.78 is 7.67. The summed E-state index contributed by atoms with van der Waals surface area (Å²) in [4.78, 5) is 29.0. The van der Waals surface area contributed by atoms with Crippen molar-refractivity contribution in [3.05, 3.63) is 63.8 Å². The van der Waals surface area contributed by atoms with E-state index in [2.05, 4.69) is 11.6 Å². The van der Waals surface area contributed by atoms with Gasteiger partial charge in [-0.25, -0.2) is 4.98 Å². The van der Waals surface area contributed by atoms with E-state index < -0.39 is 0 Å². The number of aromatic nitrogens is 2. The minimum Gasteiger partial charge on any atom is -0.496 e. The lowest BCUT2D eigenvalue weighted by Crippen LogP contribution is -2.21. The third-order valence-electron chi connectivity index (χ3n) is 3.89. The zero-order chi connectivity index (χ0) is 18.7. The highest BCUT2D eigenvalue weighted by Gasteiger charge is 2.14. The lowest BCUT2D eigenvalue weighted by atomic mass is 10.1. The molecular formula is C19H18N2O3S2. The van der Waals surface area contributed by atoms with Gasteiger partial charge < -0.3 is 4.74 Å². The topological polar surface area (TPSA) is 61.2 Å². The number of fused-ring (bicyclic) bond motifs is 1. The monoisotopic (exact) mass is 386 g/mol. The zero-order valence-corrected chi connectivity index (χ0v) is 16.2. The number of carbonyl (C=O) groups excluding carboxylic acids is 1. The molecule has 3 aromatic rings. The van der Waals surface area contributed by atoms with Gasteiger partial charge in [-0.15, -0.1) is 17.9 Å². The Balaban J connectivity index is 1.98. The first-order chi connectivity index (χ1) is 12.5. The summed E-state index contributed by atoms with van der Waals surface area (Å²) in [6.45, 7) is 5.66. The number of thioether (sulfide) groups is 1. The number of thiophene rings is 1. The van der Waals surface area contributed by atoms with Crippen molar-refractivity contribution >= 4 is 39.1 Å². The Labute approximate surface area is 159 Å². The number of ether oxygens (including phenoxy) is 1. The fourth-order valence-electron chi connectivity index (χ4n) is 2.58. The van der Waals surface area contributed by atoms with Gasteiger partial charge in [0.05, 0.1) is 12.6 Å². The Hall–Kier alpha value is -2.38. The van der Waals surface area contributed by atoms with E-state index in [1.807, 2.05) is 17.5 Å². The molecule has 0 unspecified atom stereocenters. The van der Waals surface area contributed by atoms with Gasteiger partial charge in [-0.2, -0.15) is 0 Å². The molecular weight excluding hydrogens is 368 g/mol. The van der Waals surface area contributed by atoms with Gasteiger partial charge in [-0.3, -0.25) is 14.2 Å². The minimum absolute atomic E-state index is 0.000265. The van der Waals surface area contributed by atoms with Crippen LogP contribution in [0.5, 0.6) is 5.75 Å². The molecule has 5 nitrogen and oxygen atoms in total. The fourth-order valence-corrected chi connectivity index (χ4v) is 4.34. The molecule has 0 atom stereocenters. The molecule has 0 aliphatic heterocycles. The molecule has 0 radical (unpaired) electrons. The molecule has 0 saturated carbocycles. The van der Waals surface area contributed by atoms with E-state index in [4.69, 9.17) is 4.74 Å². The summed E-state index contributed by atoms with van der Waals surface area (Å²) in [6.07, 6.45) is 1.68. The van der Waals surface area contributed by atoms with Crippen LogP contribution in [0.15, 0.2) is 52.3 Å². The van der Waals surface area contributed by atoms with Crippen molar-refractivity contribution in [2.45, 2.75) is 24.4 Å². The second kappa shape index (κ2) is 7.88. The molecule has 134 valence electrons. The number of nitrogens with zero attached hydrogens (tertiary/aromatic N) is 2. The summed E-state index contributed by atoms with van der Waals surface area (Å²) in [5.74, 6) is 1.24. The molecule has 2 heterocycles. The zero-order valence-electron chi connectivity index (χ0n) is 14.5. The maximum atomic E-state index is 12.7. The van der Waals surface area contributed by atoms with Crippen molar-refractivity contribution in [1.29, 1.82) is 0 Å². The molecule has 26 heavy (non-hydrogen) atoms. The Morgan fingerprint density at radius 3 is 2.92 bits per heavy atom. The third kappa shape index (κ3) is 3.59. The quantitative estimate of drug-likeness (QED) is 0.264. The highest BCUT2D eigenvalue weighted by molar-refractivity contribution is 7.98. The van der Waals surface area contributed by atoms with Gasteiger partial charge >= 0.3 is 0 Å². The maximum absolute atomic E-state index is 12.7. The molecule has 0 N–H and O–H groups in total. The van der Waals surface area contributed by atoms with Crippen molar-refractivity contribution < 1.29 is 9.53 Å². The molecule has 7 heteroatoms. The second-order valence-corrected chi connectivity index (χ2v) is 7.46. The third-order valence-corrected chi connectivity index (χ3v) is 5.80. The van der Waals surface area contributed by atoms with Crippen molar-refractivity contribution in [2.75, 3.05) is 7.11 Å². The summed E-state index contributed by atoms with van der Waals surface area (Å²) in [6, 6.07) is 7.21. The van der Waals surface area contributed by atoms with Gasteiger partial charge in [-0.05, 0) is 36.6 Å². The Bertz CT molecular complexity index is 1040. The van der Waals surface area contributed by atoms with Crippen LogP contribution >= 0.6 is 23.1 Å². The molecule has 0 saturated heterocycles. The summed E-state index contributed by atoms with van der Waals surface area (Å²) in [7, 11) is 1.60. The number of ketones is 1. The first kappa shape index (κ1) is 18.4. The van der Waals surface area contributed by atoms with Gasteiger partial charge in [0.15, 0.2) is 10.9 Å². The smallest absolute Gasteiger partial charge is 0.272 e. The predicted octanol–water partition coefficient (Wildman–Crippen LogP) is 4.15. The molecule has 0 spiro atoms. The second-order valence-electron chi connectivity index (χ2n) is 5.61. The number of benzene rings is 1. The van der Waals surface area contributed by atoms with Crippen LogP contribution in [0.1, 0.15) is 22.8 Å². The summed E-state index contributed by atoms with van der Waals surface area (Å²) in [5, 5.41) is 2.49. The van der Waals surface area contributed by atoms with Crippen molar-refractivity contribution in [3.63, 3.8) is 0 Å². The molecule has 3 rings (SSSR count). The first-order valence-electron chi connectivity index (χ1n) is 7.94.